The molecule has 1 aromatic heterocycles. The van der Waals surface area contributed by atoms with E-state index < -0.39 is 11.8 Å². The Morgan fingerprint density at radius 2 is 2.09 bits per heavy atom. The minimum Gasteiger partial charge on any atom is -0.395 e. The monoisotopic (exact) mass is 318 g/mol. The SMILES string of the molecule is O=C1C=C(Nc2ccc3ncnc(Cl)c3c2)C(=O)N1CCO. The minimum atomic E-state index is -0.477. The third kappa shape index (κ3) is 2.51. The summed E-state index contributed by atoms with van der Waals surface area (Å²) < 4.78 is 0. The van der Waals surface area contributed by atoms with E-state index in [1.807, 2.05) is 0 Å². The molecule has 2 heterocycles. The first-order valence-electron chi connectivity index (χ1n) is 6.46. The first-order chi connectivity index (χ1) is 10.6. The lowest BCUT2D eigenvalue weighted by atomic mass is 10.2. The van der Waals surface area contributed by atoms with E-state index in [2.05, 4.69) is 15.3 Å². The Morgan fingerprint density at radius 1 is 1.27 bits per heavy atom. The van der Waals surface area contributed by atoms with Crippen molar-refractivity contribution in [3.05, 3.63) is 41.5 Å². The molecule has 2 aromatic rings. The van der Waals surface area contributed by atoms with Crippen molar-refractivity contribution in [2.24, 2.45) is 0 Å². The molecule has 8 heteroatoms. The van der Waals surface area contributed by atoms with Crippen LogP contribution in [0.1, 0.15) is 0 Å². The lowest BCUT2D eigenvalue weighted by molar-refractivity contribution is -0.137. The normalized spacial score (nSPS) is 14.6. The van der Waals surface area contributed by atoms with Gasteiger partial charge in [-0.3, -0.25) is 14.5 Å². The summed E-state index contributed by atoms with van der Waals surface area (Å²) in [5, 5.41) is 12.7. The van der Waals surface area contributed by atoms with Gasteiger partial charge in [0.05, 0.1) is 18.7 Å². The number of benzene rings is 1. The van der Waals surface area contributed by atoms with Crippen LogP contribution in [0.25, 0.3) is 10.9 Å². The van der Waals surface area contributed by atoms with Gasteiger partial charge in [-0.2, -0.15) is 0 Å². The van der Waals surface area contributed by atoms with Crippen LogP contribution in [0.2, 0.25) is 5.15 Å². The number of nitrogens with one attached hydrogen (secondary N) is 1. The molecular formula is C14H11ClN4O3. The molecule has 2 N–H and O–H groups in total. The van der Waals surface area contributed by atoms with E-state index in [9.17, 15) is 9.59 Å². The maximum absolute atomic E-state index is 12.1. The Morgan fingerprint density at radius 3 is 2.86 bits per heavy atom. The second kappa shape index (κ2) is 5.70. The van der Waals surface area contributed by atoms with Gasteiger partial charge in [-0.25, -0.2) is 9.97 Å². The summed E-state index contributed by atoms with van der Waals surface area (Å²) in [6.45, 7) is -0.307. The molecule has 0 bridgehead atoms. The zero-order valence-electron chi connectivity index (χ0n) is 11.3. The summed E-state index contributed by atoms with van der Waals surface area (Å²) in [4.78, 5) is 32.7. The van der Waals surface area contributed by atoms with E-state index in [0.29, 0.717) is 21.7 Å². The molecular weight excluding hydrogens is 308 g/mol. The smallest absolute Gasteiger partial charge is 0.277 e. The molecule has 0 unspecified atom stereocenters. The Kier molecular flexibility index (Phi) is 3.74. The molecule has 1 aromatic carbocycles. The van der Waals surface area contributed by atoms with E-state index in [1.165, 1.54) is 12.4 Å². The molecule has 0 atom stereocenters. The summed E-state index contributed by atoms with van der Waals surface area (Å²) in [5.74, 6) is -0.932. The number of hydrogen-bond donors (Lipinski definition) is 2. The van der Waals surface area contributed by atoms with E-state index in [-0.39, 0.29) is 18.8 Å². The number of amides is 2. The Labute approximate surface area is 130 Å². The van der Waals surface area contributed by atoms with Gasteiger partial charge in [0.15, 0.2) is 0 Å². The number of aromatic nitrogens is 2. The number of rotatable bonds is 4. The van der Waals surface area contributed by atoms with Crippen molar-refractivity contribution in [3.8, 4) is 0 Å². The number of carbonyl (C=O) groups excluding carboxylic acids is 2. The number of carbonyl (C=O) groups is 2. The second-order valence-electron chi connectivity index (χ2n) is 4.60. The largest absolute Gasteiger partial charge is 0.395 e. The first-order valence-corrected chi connectivity index (χ1v) is 6.83. The first kappa shape index (κ1) is 14.4. The average molecular weight is 319 g/mol. The summed E-state index contributed by atoms with van der Waals surface area (Å²) >= 11 is 6.01. The number of fused-ring (bicyclic) bond motifs is 1. The predicted molar refractivity (Wildman–Crippen MR) is 80.1 cm³/mol. The van der Waals surface area contributed by atoms with Crippen LogP contribution < -0.4 is 5.32 Å². The molecule has 0 radical (unpaired) electrons. The predicted octanol–water partition coefficient (Wildman–Crippen LogP) is 0.940. The Bertz CT molecular complexity index is 806. The van der Waals surface area contributed by atoms with Crippen LogP contribution >= 0.6 is 11.6 Å². The number of imide groups is 1. The fourth-order valence-corrected chi connectivity index (χ4v) is 2.36. The van der Waals surface area contributed by atoms with E-state index >= 15 is 0 Å². The van der Waals surface area contributed by atoms with Crippen molar-refractivity contribution in [2.45, 2.75) is 0 Å². The molecule has 0 saturated carbocycles. The molecule has 2 amide bonds. The van der Waals surface area contributed by atoms with E-state index in [0.717, 1.165) is 4.90 Å². The number of aliphatic hydroxyl groups is 1. The van der Waals surface area contributed by atoms with Crippen LogP contribution in [0.4, 0.5) is 5.69 Å². The average Bonchev–Trinajstić information content (AvgIpc) is 2.76. The maximum Gasteiger partial charge on any atom is 0.277 e. The van der Waals surface area contributed by atoms with Gasteiger partial charge < -0.3 is 10.4 Å². The van der Waals surface area contributed by atoms with Gasteiger partial charge in [-0.15, -0.1) is 0 Å². The lowest BCUT2D eigenvalue weighted by Crippen LogP contribution is -2.34. The Balaban J connectivity index is 1.88. The minimum absolute atomic E-state index is 0.0310. The molecule has 0 fully saturated rings. The number of hydrogen-bond acceptors (Lipinski definition) is 6. The third-order valence-corrected chi connectivity index (χ3v) is 3.50. The number of aliphatic hydroxyl groups excluding tert-OH is 1. The number of nitrogens with zero attached hydrogens (tertiary/aromatic N) is 3. The molecule has 112 valence electrons. The van der Waals surface area contributed by atoms with Crippen LogP contribution in [0.5, 0.6) is 0 Å². The maximum atomic E-state index is 12.1. The zero-order valence-corrected chi connectivity index (χ0v) is 12.0. The molecule has 0 saturated heterocycles. The van der Waals surface area contributed by atoms with Gasteiger partial charge in [0.1, 0.15) is 17.2 Å². The van der Waals surface area contributed by atoms with Crippen molar-refractivity contribution < 1.29 is 14.7 Å². The Hall–Kier alpha value is -2.51. The van der Waals surface area contributed by atoms with Crippen molar-refractivity contribution in [3.63, 3.8) is 0 Å². The van der Waals surface area contributed by atoms with Crippen LogP contribution in [0.15, 0.2) is 36.3 Å². The highest BCUT2D eigenvalue weighted by Crippen LogP contribution is 2.24. The molecule has 0 aliphatic carbocycles. The van der Waals surface area contributed by atoms with Crippen molar-refractivity contribution in [1.29, 1.82) is 0 Å². The van der Waals surface area contributed by atoms with Gasteiger partial charge in [-0.05, 0) is 18.2 Å². The number of β-amino-alcohol motifs (C(OH)–C–C–N with tert-alkyl or cyclic N) is 1. The highest BCUT2D eigenvalue weighted by atomic mass is 35.5. The molecule has 7 nitrogen and oxygen atoms in total. The highest BCUT2D eigenvalue weighted by Gasteiger charge is 2.30. The van der Waals surface area contributed by atoms with Crippen molar-refractivity contribution >= 4 is 40.0 Å². The van der Waals surface area contributed by atoms with Gasteiger partial charge in [0.25, 0.3) is 11.8 Å². The fourth-order valence-electron chi connectivity index (χ4n) is 2.17. The van der Waals surface area contributed by atoms with Gasteiger partial charge >= 0.3 is 0 Å². The van der Waals surface area contributed by atoms with Gasteiger partial charge in [-0.1, -0.05) is 11.6 Å². The van der Waals surface area contributed by atoms with E-state index in [1.54, 1.807) is 18.2 Å². The molecule has 1 aliphatic rings. The van der Waals surface area contributed by atoms with Gasteiger partial charge in [0, 0.05) is 17.1 Å². The molecule has 1 aliphatic heterocycles. The summed E-state index contributed by atoms with van der Waals surface area (Å²) in [7, 11) is 0. The molecule has 22 heavy (non-hydrogen) atoms. The summed E-state index contributed by atoms with van der Waals surface area (Å²) in [5.41, 5.74) is 1.41. The lowest BCUT2D eigenvalue weighted by Gasteiger charge is -2.13. The number of anilines is 1. The topological polar surface area (TPSA) is 95.4 Å². The van der Waals surface area contributed by atoms with Crippen molar-refractivity contribution in [1.82, 2.24) is 14.9 Å². The standard InChI is InChI=1S/C14H11ClN4O3/c15-13-9-5-8(1-2-10(9)16-7-17-13)18-11-6-12(21)19(3-4-20)14(11)22/h1-2,5-7,18,20H,3-4H2. The van der Waals surface area contributed by atoms with Crippen molar-refractivity contribution in [2.75, 3.05) is 18.5 Å². The molecule has 0 spiro atoms. The molecule has 3 rings (SSSR count). The quantitative estimate of drug-likeness (QED) is 0.643. The summed E-state index contributed by atoms with van der Waals surface area (Å²) in [6, 6.07) is 5.16. The second-order valence-corrected chi connectivity index (χ2v) is 4.96. The highest BCUT2D eigenvalue weighted by molar-refractivity contribution is 6.34. The van der Waals surface area contributed by atoms with E-state index in [4.69, 9.17) is 16.7 Å². The van der Waals surface area contributed by atoms with Crippen LogP contribution in [-0.4, -0.2) is 44.9 Å². The van der Waals surface area contributed by atoms with Gasteiger partial charge in [0.2, 0.25) is 0 Å². The zero-order chi connectivity index (χ0) is 15.7. The van der Waals surface area contributed by atoms with Crippen LogP contribution in [-0.2, 0) is 9.59 Å². The third-order valence-electron chi connectivity index (χ3n) is 3.20. The fraction of sp³-hybridized carbons (Fsp3) is 0.143. The van der Waals surface area contributed by atoms with Crippen LogP contribution in [0.3, 0.4) is 0 Å². The van der Waals surface area contributed by atoms with Crippen LogP contribution in [0, 0.1) is 0 Å². The number of halogens is 1. The summed E-state index contributed by atoms with van der Waals surface area (Å²) in [6.07, 6.45) is 2.57.